The Morgan fingerprint density at radius 3 is 2.65 bits per heavy atom. The van der Waals surface area contributed by atoms with Gasteiger partial charge in [0.05, 0.1) is 9.35 Å². The van der Waals surface area contributed by atoms with Gasteiger partial charge in [0, 0.05) is 49.1 Å². The maximum atomic E-state index is 13.1. The molecular formula is C20H23BrN2O2S. The summed E-state index contributed by atoms with van der Waals surface area (Å²) in [7, 11) is 0. The van der Waals surface area contributed by atoms with Crippen molar-refractivity contribution < 1.29 is 9.53 Å². The van der Waals surface area contributed by atoms with E-state index in [1.165, 1.54) is 8.66 Å². The van der Waals surface area contributed by atoms with Gasteiger partial charge in [-0.3, -0.25) is 9.69 Å². The van der Waals surface area contributed by atoms with Gasteiger partial charge in [-0.1, -0.05) is 19.1 Å². The van der Waals surface area contributed by atoms with Gasteiger partial charge in [-0.2, -0.15) is 0 Å². The molecule has 0 radical (unpaired) electrons. The van der Waals surface area contributed by atoms with Crippen LogP contribution in [0.25, 0.3) is 0 Å². The molecule has 2 aromatic rings. The predicted molar refractivity (Wildman–Crippen MR) is 108 cm³/mol. The molecule has 0 N–H and O–H groups in total. The molecule has 4 rings (SSSR count). The number of halogens is 1. The molecule has 1 aromatic carbocycles. The van der Waals surface area contributed by atoms with E-state index in [0.29, 0.717) is 11.5 Å². The highest BCUT2D eigenvalue weighted by Gasteiger charge is 2.33. The van der Waals surface area contributed by atoms with E-state index in [9.17, 15) is 4.79 Å². The lowest BCUT2D eigenvalue weighted by molar-refractivity contribution is 0.0625. The van der Waals surface area contributed by atoms with Crippen LogP contribution in [0.3, 0.4) is 0 Å². The number of nitrogens with zero attached hydrogens (tertiary/aromatic N) is 2. The molecule has 4 nitrogen and oxygen atoms in total. The summed E-state index contributed by atoms with van der Waals surface area (Å²) in [5, 5.41) is 0. The molecule has 0 saturated carbocycles. The number of para-hydroxylation sites is 1. The molecule has 1 aromatic heterocycles. The van der Waals surface area contributed by atoms with Gasteiger partial charge in [0.15, 0.2) is 0 Å². The second-order valence-electron chi connectivity index (χ2n) is 7.11. The summed E-state index contributed by atoms with van der Waals surface area (Å²) >= 11 is 5.30. The van der Waals surface area contributed by atoms with Crippen LogP contribution in [-0.2, 0) is 6.54 Å². The van der Waals surface area contributed by atoms with Crippen molar-refractivity contribution in [3.63, 3.8) is 0 Å². The Labute approximate surface area is 166 Å². The first kappa shape index (κ1) is 18.0. The predicted octanol–water partition coefficient (Wildman–Crippen LogP) is 4.35. The van der Waals surface area contributed by atoms with Crippen LogP contribution in [0, 0.1) is 0 Å². The number of hydrogen-bond acceptors (Lipinski definition) is 4. The number of rotatable bonds is 3. The maximum absolute atomic E-state index is 13.1. The minimum Gasteiger partial charge on any atom is -0.489 e. The van der Waals surface area contributed by atoms with Gasteiger partial charge in [0.1, 0.15) is 11.9 Å². The van der Waals surface area contributed by atoms with Crippen LogP contribution in [0.4, 0.5) is 0 Å². The van der Waals surface area contributed by atoms with Crippen LogP contribution in [0.2, 0.25) is 0 Å². The van der Waals surface area contributed by atoms with Gasteiger partial charge in [-0.25, -0.2) is 0 Å². The minimum atomic E-state index is 0.0988. The van der Waals surface area contributed by atoms with E-state index >= 15 is 0 Å². The van der Waals surface area contributed by atoms with E-state index in [-0.39, 0.29) is 12.0 Å². The number of hydrogen-bond donors (Lipinski definition) is 0. The van der Waals surface area contributed by atoms with Gasteiger partial charge >= 0.3 is 0 Å². The van der Waals surface area contributed by atoms with E-state index in [4.69, 9.17) is 4.74 Å². The molecule has 2 aliphatic rings. The summed E-state index contributed by atoms with van der Waals surface area (Å²) < 4.78 is 7.17. The molecular weight excluding hydrogens is 412 g/mol. The Bertz CT molecular complexity index is 814. The monoisotopic (exact) mass is 434 g/mol. The summed E-state index contributed by atoms with van der Waals surface area (Å²) in [5.74, 6) is 1.23. The third-order valence-corrected chi connectivity index (χ3v) is 7.05. The van der Waals surface area contributed by atoms with Crippen molar-refractivity contribution >= 4 is 33.2 Å². The topological polar surface area (TPSA) is 32.8 Å². The molecule has 3 heterocycles. The van der Waals surface area contributed by atoms with E-state index in [2.05, 4.69) is 52.9 Å². The van der Waals surface area contributed by atoms with Gasteiger partial charge in [-0.05, 0) is 41.1 Å². The zero-order chi connectivity index (χ0) is 18.3. The van der Waals surface area contributed by atoms with Crippen molar-refractivity contribution in [2.75, 3.05) is 26.2 Å². The standard InChI is InChI=1S/C20H23BrN2O2S/c1-13-14(2)25-19-16(13)4-3-5-17(19)20(24)23-10-8-22(9-11-23)12-15-6-7-18(21)26-15/h3-7,13-14H,8-12H2,1-2H3. The molecule has 138 valence electrons. The third kappa shape index (κ3) is 3.42. The number of ether oxygens (including phenoxy) is 1. The Morgan fingerprint density at radius 1 is 1.19 bits per heavy atom. The Hall–Kier alpha value is -1.37. The quantitative estimate of drug-likeness (QED) is 0.719. The first-order chi connectivity index (χ1) is 12.5. The smallest absolute Gasteiger partial charge is 0.257 e. The minimum absolute atomic E-state index is 0.0988. The number of benzene rings is 1. The average molecular weight is 435 g/mol. The van der Waals surface area contributed by atoms with E-state index in [1.54, 1.807) is 11.3 Å². The van der Waals surface area contributed by atoms with Crippen molar-refractivity contribution in [3.8, 4) is 5.75 Å². The molecule has 26 heavy (non-hydrogen) atoms. The van der Waals surface area contributed by atoms with E-state index in [1.807, 2.05) is 17.0 Å². The van der Waals surface area contributed by atoms with Crippen LogP contribution in [0.5, 0.6) is 5.75 Å². The zero-order valence-corrected chi connectivity index (χ0v) is 17.5. The molecule has 0 aliphatic carbocycles. The molecule has 1 saturated heterocycles. The van der Waals surface area contributed by atoms with Gasteiger partial charge in [-0.15, -0.1) is 11.3 Å². The molecule has 2 aliphatic heterocycles. The number of thiophene rings is 1. The highest BCUT2D eigenvalue weighted by atomic mass is 79.9. The Kier molecular flexibility index (Phi) is 5.08. The lowest BCUT2D eigenvalue weighted by Gasteiger charge is -2.34. The lowest BCUT2D eigenvalue weighted by atomic mass is 9.96. The zero-order valence-electron chi connectivity index (χ0n) is 15.1. The average Bonchev–Trinajstić information content (AvgIpc) is 3.18. The number of fused-ring (bicyclic) bond motifs is 1. The van der Waals surface area contributed by atoms with Crippen molar-refractivity contribution in [3.05, 3.63) is 50.1 Å². The summed E-state index contributed by atoms with van der Waals surface area (Å²) in [6.07, 6.45) is 0.126. The summed E-state index contributed by atoms with van der Waals surface area (Å²) in [4.78, 5) is 18.8. The maximum Gasteiger partial charge on any atom is 0.257 e. The van der Waals surface area contributed by atoms with Crippen molar-refractivity contribution in [1.29, 1.82) is 0 Å². The van der Waals surface area contributed by atoms with Crippen LogP contribution < -0.4 is 4.74 Å². The Morgan fingerprint density at radius 2 is 1.96 bits per heavy atom. The second-order valence-corrected chi connectivity index (χ2v) is 9.66. The molecule has 2 unspecified atom stereocenters. The number of piperazine rings is 1. The third-order valence-electron chi connectivity index (χ3n) is 5.44. The largest absolute Gasteiger partial charge is 0.489 e. The van der Waals surface area contributed by atoms with E-state index < -0.39 is 0 Å². The summed E-state index contributed by atoms with van der Waals surface area (Å²) in [6, 6.07) is 10.2. The lowest BCUT2D eigenvalue weighted by Crippen LogP contribution is -2.48. The molecule has 6 heteroatoms. The first-order valence-corrected chi connectivity index (χ1v) is 10.7. The van der Waals surface area contributed by atoms with Gasteiger partial charge in [0.2, 0.25) is 0 Å². The second kappa shape index (κ2) is 7.33. The van der Waals surface area contributed by atoms with Crippen LogP contribution in [0.15, 0.2) is 34.1 Å². The number of carbonyl (C=O) groups excluding carboxylic acids is 1. The van der Waals surface area contributed by atoms with Crippen molar-refractivity contribution in [2.24, 2.45) is 0 Å². The fraction of sp³-hybridized carbons (Fsp3) is 0.450. The normalized spacial score (nSPS) is 23.0. The van der Waals surface area contributed by atoms with E-state index in [0.717, 1.165) is 44.0 Å². The molecule has 1 amide bonds. The van der Waals surface area contributed by atoms with Crippen LogP contribution in [-0.4, -0.2) is 48.0 Å². The highest BCUT2D eigenvalue weighted by Crippen LogP contribution is 2.40. The SMILES string of the molecule is CC1Oc2c(C(=O)N3CCN(Cc4ccc(Br)s4)CC3)cccc2C1C. The van der Waals surface area contributed by atoms with Crippen LogP contribution in [0.1, 0.15) is 40.6 Å². The van der Waals surface area contributed by atoms with Crippen LogP contribution >= 0.6 is 27.3 Å². The van der Waals surface area contributed by atoms with Gasteiger partial charge < -0.3 is 9.64 Å². The molecule has 2 atom stereocenters. The summed E-state index contributed by atoms with van der Waals surface area (Å²) in [5.41, 5.74) is 1.87. The molecule has 0 spiro atoms. The molecule has 0 bridgehead atoms. The van der Waals surface area contributed by atoms with Gasteiger partial charge in [0.25, 0.3) is 5.91 Å². The van der Waals surface area contributed by atoms with Crippen molar-refractivity contribution in [2.45, 2.75) is 32.4 Å². The fourth-order valence-corrected chi connectivity index (χ4v) is 5.22. The number of amides is 1. The highest BCUT2D eigenvalue weighted by molar-refractivity contribution is 9.11. The first-order valence-electron chi connectivity index (χ1n) is 9.08. The fourth-order valence-electron chi connectivity index (χ4n) is 3.69. The molecule has 1 fully saturated rings. The summed E-state index contributed by atoms with van der Waals surface area (Å²) in [6.45, 7) is 8.53. The Balaban J connectivity index is 1.42. The van der Waals surface area contributed by atoms with Crippen molar-refractivity contribution in [1.82, 2.24) is 9.80 Å². The number of carbonyl (C=O) groups is 1.